The number of methoxy groups -OCH3 is 1. The standard InChI is InChI=1S/C24H28N2O4/c1-29-21-9-6-18(7-10-21)8-11-23(27)25-12-14-26(15-13-25)24(28)20-16-19-4-2-3-5-22(19)30-17-20/h2-7,9-10,20H,8,11-17H2,1H3. The summed E-state index contributed by atoms with van der Waals surface area (Å²) in [6, 6.07) is 15.7. The topological polar surface area (TPSA) is 59.1 Å². The van der Waals surface area contributed by atoms with Gasteiger partial charge in [-0.2, -0.15) is 0 Å². The van der Waals surface area contributed by atoms with Crippen molar-refractivity contribution in [3.05, 3.63) is 59.7 Å². The predicted octanol–water partition coefficient (Wildman–Crippen LogP) is 2.55. The number of amides is 2. The first-order chi connectivity index (χ1) is 14.6. The van der Waals surface area contributed by atoms with Crippen molar-refractivity contribution in [2.45, 2.75) is 19.3 Å². The molecule has 0 aliphatic carbocycles. The summed E-state index contributed by atoms with van der Waals surface area (Å²) < 4.78 is 10.9. The van der Waals surface area contributed by atoms with Crippen molar-refractivity contribution in [2.24, 2.45) is 5.92 Å². The van der Waals surface area contributed by atoms with Crippen LogP contribution in [0.4, 0.5) is 0 Å². The highest BCUT2D eigenvalue weighted by atomic mass is 16.5. The van der Waals surface area contributed by atoms with Crippen LogP contribution in [0.5, 0.6) is 11.5 Å². The third-order valence-corrected chi connectivity index (χ3v) is 5.96. The number of fused-ring (bicyclic) bond motifs is 1. The van der Waals surface area contributed by atoms with Crippen molar-refractivity contribution in [3.8, 4) is 11.5 Å². The monoisotopic (exact) mass is 408 g/mol. The molecule has 30 heavy (non-hydrogen) atoms. The summed E-state index contributed by atoms with van der Waals surface area (Å²) >= 11 is 0. The zero-order chi connectivity index (χ0) is 20.9. The van der Waals surface area contributed by atoms with Gasteiger partial charge in [0.05, 0.1) is 13.0 Å². The molecule has 1 unspecified atom stereocenters. The molecule has 6 nitrogen and oxygen atoms in total. The van der Waals surface area contributed by atoms with E-state index in [1.165, 1.54) is 0 Å². The summed E-state index contributed by atoms with van der Waals surface area (Å²) in [6.45, 7) is 2.79. The first-order valence-corrected chi connectivity index (χ1v) is 10.5. The van der Waals surface area contributed by atoms with Crippen LogP contribution in [-0.4, -0.2) is 61.5 Å². The van der Waals surface area contributed by atoms with Gasteiger partial charge in [-0.15, -0.1) is 0 Å². The molecule has 2 aromatic carbocycles. The summed E-state index contributed by atoms with van der Waals surface area (Å²) in [5, 5.41) is 0. The van der Waals surface area contributed by atoms with Gasteiger partial charge in [-0.3, -0.25) is 9.59 Å². The molecular weight excluding hydrogens is 380 g/mol. The Morgan fingerprint density at radius 2 is 1.70 bits per heavy atom. The maximum atomic E-state index is 12.9. The van der Waals surface area contributed by atoms with E-state index < -0.39 is 0 Å². The Hall–Kier alpha value is -3.02. The summed E-state index contributed by atoms with van der Waals surface area (Å²) in [7, 11) is 1.64. The zero-order valence-electron chi connectivity index (χ0n) is 17.4. The molecular formula is C24H28N2O4. The van der Waals surface area contributed by atoms with E-state index >= 15 is 0 Å². The van der Waals surface area contributed by atoms with Crippen LogP contribution in [0.3, 0.4) is 0 Å². The normalized spacial score (nSPS) is 18.4. The van der Waals surface area contributed by atoms with E-state index in [-0.39, 0.29) is 17.7 Å². The number of aryl methyl sites for hydroxylation is 1. The molecule has 4 rings (SSSR count). The first-order valence-electron chi connectivity index (χ1n) is 10.5. The highest BCUT2D eigenvalue weighted by Gasteiger charge is 2.31. The van der Waals surface area contributed by atoms with Crippen LogP contribution in [0.15, 0.2) is 48.5 Å². The lowest BCUT2D eigenvalue weighted by atomic mass is 9.95. The Bertz CT molecular complexity index is 888. The van der Waals surface area contributed by atoms with Gasteiger partial charge in [0.25, 0.3) is 0 Å². The maximum Gasteiger partial charge on any atom is 0.229 e. The molecule has 2 aliphatic heterocycles. The SMILES string of the molecule is COc1ccc(CCC(=O)N2CCN(C(=O)C3COc4ccccc4C3)CC2)cc1. The molecule has 1 saturated heterocycles. The molecule has 0 radical (unpaired) electrons. The fraction of sp³-hybridized carbons (Fsp3) is 0.417. The quantitative estimate of drug-likeness (QED) is 0.763. The van der Waals surface area contributed by atoms with Crippen LogP contribution in [0.1, 0.15) is 17.5 Å². The predicted molar refractivity (Wildman–Crippen MR) is 114 cm³/mol. The van der Waals surface area contributed by atoms with Crippen molar-refractivity contribution in [1.29, 1.82) is 0 Å². The maximum absolute atomic E-state index is 12.9. The number of hydrogen-bond donors (Lipinski definition) is 0. The summed E-state index contributed by atoms with van der Waals surface area (Å²) in [6.07, 6.45) is 1.91. The van der Waals surface area contributed by atoms with Gasteiger partial charge >= 0.3 is 0 Å². The summed E-state index contributed by atoms with van der Waals surface area (Å²) in [5.41, 5.74) is 2.21. The van der Waals surface area contributed by atoms with Gasteiger partial charge < -0.3 is 19.3 Å². The Morgan fingerprint density at radius 3 is 2.43 bits per heavy atom. The van der Waals surface area contributed by atoms with Gasteiger partial charge in [-0.05, 0) is 42.2 Å². The van der Waals surface area contributed by atoms with E-state index in [1.807, 2.05) is 58.3 Å². The average Bonchev–Trinajstić information content (AvgIpc) is 2.82. The van der Waals surface area contributed by atoms with Gasteiger partial charge in [0.2, 0.25) is 11.8 Å². The number of rotatable bonds is 5. The van der Waals surface area contributed by atoms with Crippen molar-refractivity contribution in [3.63, 3.8) is 0 Å². The van der Waals surface area contributed by atoms with Crippen molar-refractivity contribution in [2.75, 3.05) is 39.9 Å². The molecule has 0 aromatic heterocycles. The fourth-order valence-electron chi connectivity index (χ4n) is 4.12. The van der Waals surface area contributed by atoms with E-state index in [0.29, 0.717) is 45.6 Å². The van der Waals surface area contributed by atoms with Crippen LogP contribution in [0, 0.1) is 5.92 Å². The van der Waals surface area contributed by atoms with Crippen LogP contribution < -0.4 is 9.47 Å². The second-order valence-corrected chi connectivity index (χ2v) is 7.87. The summed E-state index contributed by atoms with van der Waals surface area (Å²) in [5.74, 6) is 1.84. The molecule has 1 atom stereocenters. The first kappa shape index (κ1) is 20.3. The Balaban J connectivity index is 1.24. The molecule has 2 heterocycles. The lowest BCUT2D eigenvalue weighted by Crippen LogP contribution is -2.53. The number of benzene rings is 2. The van der Waals surface area contributed by atoms with Crippen molar-refractivity contribution >= 4 is 11.8 Å². The van der Waals surface area contributed by atoms with Crippen LogP contribution in [0.2, 0.25) is 0 Å². The van der Waals surface area contributed by atoms with Gasteiger partial charge in [-0.25, -0.2) is 0 Å². The molecule has 0 N–H and O–H groups in total. The average molecular weight is 408 g/mol. The van der Waals surface area contributed by atoms with Crippen molar-refractivity contribution in [1.82, 2.24) is 9.80 Å². The lowest BCUT2D eigenvalue weighted by Gasteiger charge is -2.37. The Kier molecular flexibility index (Phi) is 6.21. The lowest BCUT2D eigenvalue weighted by molar-refractivity contribution is -0.143. The minimum absolute atomic E-state index is 0.134. The number of ether oxygens (including phenoxy) is 2. The van der Waals surface area contributed by atoms with E-state index in [1.54, 1.807) is 7.11 Å². The third kappa shape index (κ3) is 4.58. The minimum Gasteiger partial charge on any atom is -0.497 e. The number of piperazine rings is 1. The van der Waals surface area contributed by atoms with Gasteiger partial charge in [0, 0.05) is 32.6 Å². The van der Waals surface area contributed by atoms with Crippen LogP contribution >= 0.6 is 0 Å². The molecule has 0 spiro atoms. The number of hydrogen-bond acceptors (Lipinski definition) is 4. The molecule has 2 aliphatic rings. The minimum atomic E-state index is -0.141. The smallest absolute Gasteiger partial charge is 0.229 e. The second kappa shape index (κ2) is 9.20. The highest BCUT2D eigenvalue weighted by Crippen LogP contribution is 2.28. The molecule has 0 saturated carbocycles. The fourth-order valence-corrected chi connectivity index (χ4v) is 4.12. The van der Waals surface area contributed by atoms with Gasteiger partial charge in [0.15, 0.2) is 0 Å². The van der Waals surface area contributed by atoms with Crippen LogP contribution in [0.25, 0.3) is 0 Å². The molecule has 6 heteroatoms. The molecule has 158 valence electrons. The van der Waals surface area contributed by atoms with E-state index in [4.69, 9.17) is 9.47 Å². The number of carbonyl (C=O) groups excluding carboxylic acids is 2. The van der Waals surface area contributed by atoms with Gasteiger partial charge in [-0.1, -0.05) is 30.3 Å². The number of nitrogens with zero attached hydrogens (tertiary/aromatic N) is 2. The van der Waals surface area contributed by atoms with E-state index in [2.05, 4.69) is 0 Å². The highest BCUT2D eigenvalue weighted by molar-refractivity contribution is 5.81. The third-order valence-electron chi connectivity index (χ3n) is 5.96. The molecule has 0 bridgehead atoms. The zero-order valence-corrected chi connectivity index (χ0v) is 17.4. The second-order valence-electron chi connectivity index (χ2n) is 7.87. The van der Waals surface area contributed by atoms with E-state index in [9.17, 15) is 9.59 Å². The summed E-state index contributed by atoms with van der Waals surface area (Å²) in [4.78, 5) is 29.3. The van der Waals surface area contributed by atoms with Crippen LogP contribution in [-0.2, 0) is 22.4 Å². The molecule has 2 amide bonds. The number of para-hydroxylation sites is 1. The van der Waals surface area contributed by atoms with Crippen molar-refractivity contribution < 1.29 is 19.1 Å². The number of carbonyl (C=O) groups is 2. The largest absolute Gasteiger partial charge is 0.497 e. The van der Waals surface area contributed by atoms with Gasteiger partial charge in [0.1, 0.15) is 18.1 Å². The molecule has 1 fully saturated rings. The Morgan fingerprint density at radius 1 is 1.00 bits per heavy atom. The molecule has 2 aromatic rings. The van der Waals surface area contributed by atoms with E-state index in [0.717, 1.165) is 29.0 Å². The Labute approximate surface area is 177 Å².